The maximum Gasteiger partial charge on any atom is 0.410 e. The Morgan fingerprint density at radius 3 is 2.74 bits per heavy atom. The van der Waals surface area contributed by atoms with E-state index in [2.05, 4.69) is 22.1 Å². The highest BCUT2D eigenvalue weighted by Gasteiger charge is 2.22. The molecule has 1 rings (SSSR count). The van der Waals surface area contributed by atoms with Gasteiger partial charge in [-0.3, -0.25) is 4.99 Å². The Bertz CT molecular complexity index is 409. The van der Waals surface area contributed by atoms with Crippen LogP contribution in [0, 0.1) is 0 Å². The normalized spacial score (nSPS) is 19.5. The SMILES string of the molecule is CCC1CN(C(=NC)NCCN(C)C(=O)OC(C)(C)C)CCS1. The van der Waals surface area contributed by atoms with E-state index in [1.165, 1.54) is 6.42 Å². The van der Waals surface area contributed by atoms with Gasteiger partial charge in [0.25, 0.3) is 0 Å². The molecule has 0 radical (unpaired) electrons. The quantitative estimate of drug-likeness (QED) is 0.626. The topological polar surface area (TPSA) is 57.2 Å². The number of guanidine groups is 1. The van der Waals surface area contributed by atoms with E-state index in [9.17, 15) is 4.79 Å². The molecular formula is C16H32N4O2S. The predicted octanol–water partition coefficient (Wildman–Crippen LogP) is 2.26. The number of thioether (sulfide) groups is 1. The van der Waals surface area contributed by atoms with Gasteiger partial charge in [0.15, 0.2) is 5.96 Å². The minimum Gasteiger partial charge on any atom is -0.444 e. The second-order valence-corrected chi connectivity index (χ2v) is 8.13. The molecule has 6 nitrogen and oxygen atoms in total. The summed E-state index contributed by atoms with van der Waals surface area (Å²) in [6.45, 7) is 11.1. The maximum absolute atomic E-state index is 11.9. The van der Waals surface area contributed by atoms with E-state index in [1.807, 2.05) is 39.6 Å². The first kappa shape index (κ1) is 19.9. The number of ether oxygens (including phenoxy) is 1. The van der Waals surface area contributed by atoms with Crippen LogP contribution in [0.3, 0.4) is 0 Å². The highest BCUT2D eigenvalue weighted by Crippen LogP contribution is 2.20. The molecule has 1 saturated heterocycles. The molecule has 1 atom stereocenters. The molecular weight excluding hydrogens is 312 g/mol. The standard InChI is InChI=1S/C16H32N4O2S/c1-7-13-12-20(10-11-23-13)14(17-5)18-8-9-19(6)15(21)22-16(2,3)4/h13H,7-12H2,1-6H3,(H,17,18). The highest BCUT2D eigenvalue weighted by atomic mass is 32.2. The third-order valence-electron chi connectivity index (χ3n) is 3.54. The Hall–Kier alpha value is -1.11. The molecule has 0 bridgehead atoms. The molecule has 1 N–H and O–H groups in total. The number of carbonyl (C=O) groups excluding carboxylic acids is 1. The molecule has 0 aliphatic carbocycles. The van der Waals surface area contributed by atoms with Crippen molar-refractivity contribution in [1.29, 1.82) is 0 Å². The van der Waals surface area contributed by atoms with Gasteiger partial charge in [-0.05, 0) is 27.2 Å². The summed E-state index contributed by atoms with van der Waals surface area (Å²) in [6, 6.07) is 0. The van der Waals surface area contributed by atoms with Gasteiger partial charge < -0.3 is 19.9 Å². The Kier molecular flexibility index (Phi) is 8.02. The molecule has 0 aromatic carbocycles. The summed E-state index contributed by atoms with van der Waals surface area (Å²) < 4.78 is 5.34. The lowest BCUT2D eigenvalue weighted by Gasteiger charge is -2.34. The number of amides is 1. The van der Waals surface area contributed by atoms with Crippen LogP contribution in [0.15, 0.2) is 4.99 Å². The van der Waals surface area contributed by atoms with Gasteiger partial charge in [0, 0.05) is 51.3 Å². The summed E-state index contributed by atoms with van der Waals surface area (Å²) >= 11 is 2.04. The number of carbonyl (C=O) groups is 1. The molecule has 0 spiro atoms. The van der Waals surface area contributed by atoms with E-state index in [0.29, 0.717) is 18.3 Å². The van der Waals surface area contributed by atoms with E-state index in [-0.39, 0.29) is 6.09 Å². The molecule has 1 aliphatic heterocycles. The summed E-state index contributed by atoms with van der Waals surface area (Å²) in [5.41, 5.74) is -0.463. The summed E-state index contributed by atoms with van der Waals surface area (Å²) in [5.74, 6) is 2.05. The van der Waals surface area contributed by atoms with Crippen molar-refractivity contribution in [3.63, 3.8) is 0 Å². The molecule has 1 unspecified atom stereocenters. The Morgan fingerprint density at radius 2 is 2.17 bits per heavy atom. The van der Waals surface area contributed by atoms with Crippen molar-refractivity contribution in [2.24, 2.45) is 4.99 Å². The molecule has 1 heterocycles. The first-order valence-corrected chi connectivity index (χ1v) is 9.33. The number of hydrogen-bond donors (Lipinski definition) is 1. The smallest absolute Gasteiger partial charge is 0.410 e. The molecule has 23 heavy (non-hydrogen) atoms. The van der Waals surface area contributed by atoms with E-state index < -0.39 is 5.60 Å². The van der Waals surface area contributed by atoms with Crippen molar-refractivity contribution in [3.8, 4) is 0 Å². The lowest BCUT2D eigenvalue weighted by atomic mass is 10.2. The van der Waals surface area contributed by atoms with Crippen LogP contribution in [-0.4, -0.2) is 78.7 Å². The third-order valence-corrected chi connectivity index (χ3v) is 4.91. The van der Waals surface area contributed by atoms with Gasteiger partial charge >= 0.3 is 6.09 Å². The van der Waals surface area contributed by atoms with E-state index >= 15 is 0 Å². The Morgan fingerprint density at radius 1 is 1.48 bits per heavy atom. The zero-order chi connectivity index (χ0) is 17.5. The fraction of sp³-hybridized carbons (Fsp3) is 0.875. The fourth-order valence-corrected chi connectivity index (χ4v) is 3.44. The van der Waals surface area contributed by atoms with E-state index in [0.717, 1.165) is 24.8 Å². The average Bonchev–Trinajstić information content (AvgIpc) is 2.49. The molecule has 0 saturated carbocycles. The van der Waals surface area contributed by atoms with Crippen molar-refractivity contribution >= 4 is 23.8 Å². The van der Waals surface area contributed by atoms with Crippen LogP contribution in [0.5, 0.6) is 0 Å². The third kappa shape index (κ3) is 7.33. The number of hydrogen-bond acceptors (Lipinski definition) is 4. The number of likely N-dealkylation sites (N-methyl/N-ethyl adjacent to an activating group) is 1. The lowest BCUT2D eigenvalue weighted by Crippen LogP contribution is -2.49. The molecule has 134 valence electrons. The summed E-state index contributed by atoms with van der Waals surface area (Å²) in [5, 5.41) is 4.02. The first-order valence-electron chi connectivity index (χ1n) is 8.28. The van der Waals surface area contributed by atoms with Crippen LogP contribution in [-0.2, 0) is 4.74 Å². The van der Waals surface area contributed by atoms with Crippen molar-refractivity contribution in [1.82, 2.24) is 15.1 Å². The van der Waals surface area contributed by atoms with Gasteiger partial charge in [0.2, 0.25) is 0 Å². The number of rotatable bonds is 4. The van der Waals surface area contributed by atoms with Crippen molar-refractivity contribution in [2.75, 3.05) is 46.0 Å². The van der Waals surface area contributed by atoms with Crippen molar-refractivity contribution < 1.29 is 9.53 Å². The fourth-order valence-electron chi connectivity index (χ4n) is 2.26. The molecule has 1 fully saturated rings. The van der Waals surface area contributed by atoms with Crippen LogP contribution in [0.25, 0.3) is 0 Å². The van der Waals surface area contributed by atoms with Gasteiger partial charge in [-0.1, -0.05) is 6.92 Å². The molecule has 0 aromatic rings. The van der Waals surface area contributed by atoms with E-state index in [4.69, 9.17) is 4.74 Å². The van der Waals surface area contributed by atoms with Crippen molar-refractivity contribution in [3.05, 3.63) is 0 Å². The summed E-state index contributed by atoms with van der Waals surface area (Å²) in [7, 11) is 3.56. The number of nitrogens with zero attached hydrogens (tertiary/aromatic N) is 3. The van der Waals surface area contributed by atoms with Gasteiger partial charge in [-0.15, -0.1) is 0 Å². The summed E-state index contributed by atoms with van der Waals surface area (Å²) in [6.07, 6.45) is 0.884. The van der Waals surface area contributed by atoms with Crippen LogP contribution in [0.4, 0.5) is 4.79 Å². The zero-order valence-electron chi connectivity index (χ0n) is 15.4. The number of nitrogens with one attached hydrogen (secondary N) is 1. The average molecular weight is 345 g/mol. The molecule has 1 amide bonds. The molecule has 1 aliphatic rings. The Balaban J connectivity index is 2.39. The predicted molar refractivity (Wildman–Crippen MR) is 98.3 cm³/mol. The van der Waals surface area contributed by atoms with E-state index in [1.54, 1.807) is 11.9 Å². The van der Waals surface area contributed by atoms with Crippen molar-refractivity contribution in [2.45, 2.75) is 45.0 Å². The summed E-state index contributed by atoms with van der Waals surface area (Å²) in [4.78, 5) is 20.2. The molecule has 7 heteroatoms. The minimum absolute atomic E-state index is 0.297. The van der Waals surface area contributed by atoms with Gasteiger partial charge in [-0.2, -0.15) is 11.8 Å². The zero-order valence-corrected chi connectivity index (χ0v) is 16.2. The largest absolute Gasteiger partial charge is 0.444 e. The van der Waals surface area contributed by atoms with Gasteiger partial charge in [0.1, 0.15) is 5.60 Å². The van der Waals surface area contributed by atoms with Gasteiger partial charge in [0.05, 0.1) is 0 Å². The highest BCUT2D eigenvalue weighted by molar-refractivity contribution is 8.00. The number of aliphatic imine (C=N–C) groups is 1. The second-order valence-electron chi connectivity index (χ2n) is 6.72. The minimum atomic E-state index is -0.463. The maximum atomic E-state index is 11.9. The lowest BCUT2D eigenvalue weighted by molar-refractivity contribution is 0.0302. The molecule has 0 aromatic heterocycles. The van der Waals surface area contributed by atoms with Crippen LogP contribution >= 0.6 is 11.8 Å². The second kappa shape index (κ2) is 9.25. The van der Waals surface area contributed by atoms with Gasteiger partial charge in [-0.25, -0.2) is 4.79 Å². The first-order chi connectivity index (χ1) is 10.8. The Labute approximate surface area is 145 Å². The van der Waals surface area contributed by atoms with Crippen LogP contribution in [0.1, 0.15) is 34.1 Å². The van der Waals surface area contributed by atoms with Crippen LogP contribution in [0.2, 0.25) is 0 Å². The monoisotopic (exact) mass is 344 g/mol. The van der Waals surface area contributed by atoms with Crippen LogP contribution < -0.4 is 5.32 Å².